The van der Waals surface area contributed by atoms with Crippen LogP contribution in [0.25, 0.3) is 0 Å². The van der Waals surface area contributed by atoms with Crippen LogP contribution in [0.4, 0.5) is 11.8 Å². The van der Waals surface area contributed by atoms with Gasteiger partial charge >= 0.3 is 0 Å². The van der Waals surface area contributed by atoms with Crippen molar-refractivity contribution in [3.05, 3.63) is 10.7 Å². The van der Waals surface area contributed by atoms with Crippen molar-refractivity contribution in [2.45, 2.75) is 13.3 Å². The molecule has 1 aliphatic rings. The predicted molar refractivity (Wildman–Crippen MR) is 78.0 cm³/mol. The molecule has 18 heavy (non-hydrogen) atoms. The summed E-state index contributed by atoms with van der Waals surface area (Å²) in [6.07, 6.45) is 3.04. The van der Waals surface area contributed by atoms with Gasteiger partial charge in [-0.1, -0.05) is 0 Å². The van der Waals surface area contributed by atoms with Crippen molar-refractivity contribution in [2.75, 3.05) is 43.9 Å². The van der Waals surface area contributed by atoms with E-state index >= 15 is 0 Å². The molecule has 5 nitrogen and oxygen atoms in total. The minimum absolute atomic E-state index is 0.673. The summed E-state index contributed by atoms with van der Waals surface area (Å²) in [7, 11) is 2.17. The summed E-state index contributed by atoms with van der Waals surface area (Å²) in [5, 5.41) is 6.53. The zero-order valence-electron chi connectivity index (χ0n) is 10.9. The molecule has 1 unspecified atom stereocenters. The fraction of sp³-hybridized carbons (Fsp3) is 0.667. The van der Waals surface area contributed by atoms with Crippen molar-refractivity contribution < 1.29 is 0 Å². The SMILES string of the molecule is CCNc1ncc(Br)c(NCC2CCN(C)C2)n1. The molecule has 2 heterocycles. The Morgan fingerprint density at radius 3 is 3.00 bits per heavy atom. The van der Waals surface area contributed by atoms with Crippen molar-refractivity contribution in [1.29, 1.82) is 0 Å². The Balaban J connectivity index is 1.93. The summed E-state index contributed by atoms with van der Waals surface area (Å²) in [6, 6.07) is 0. The van der Waals surface area contributed by atoms with Gasteiger partial charge in [0.2, 0.25) is 5.95 Å². The molecule has 0 saturated carbocycles. The minimum atomic E-state index is 0.673. The molecule has 0 aliphatic carbocycles. The number of rotatable bonds is 5. The van der Waals surface area contributed by atoms with E-state index in [0.717, 1.165) is 29.9 Å². The summed E-state index contributed by atoms with van der Waals surface area (Å²) >= 11 is 3.48. The lowest BCUT2D eigenvalue weighted by atomic mass is 10.1. The zero-order chi connectivity index (χ0) is 13.0. The van der Waals surface area contributed by atoms with Gasteiger partial charge in [0.05, 0.1) is 4.47 Å². The molecule has 1 aliphatic heterocycles. The Kier molecular flexibility index (Phi) is 4.77. The van der Waals surface area contributed by atoms with Gasteiger partial charge < -0.3 is 15.5 Å². The van der Waals surface area contributed by atoms with E-state index in [9.17, 15) is 0 Å². The smallest absolute Gasteiger partial charge is 0.224 e. The molecular formula is C12H20BrN5. The molecule has 1 atom stereocenters. The first-order valence-corrected chi connectivity index (χ1v) is 7.17. The van der Waals surface area contributed by atoms with E-state index < -0.39 is 0 Å². The maximum atomic E-state index is 4.45. The highest BCUT2D eigenvalue weighted by Crippen LogP contribution is 2.22. The fourth-order valence-corrected chi connectivity index (χ4v) is 2.50. The van der Waals surface area contributed by atoms with Gasteiger partial charge in [0, 0.05) is 25.8 Å². The number of nitrogens with one attached hydrogen (secondary N) is 2. The van der Waals surface area contributed by atoms with Crippen LogP contribution in [0.15, 0.2) is 10.7 Å². The van der Waals surface area contributed by atoms with E-state index in [1.807, 2.05) is 6.92 Å². The van der Waals surface area contributed by atoms with E-state index in [0.29, 0.717) is 11.9 Å². The van der Waals surface area contributed by atoms with Crippen LogP contribution in [0.2, 0.25) is 0 Å². The van der Waals surface area contributed by atoms with Gasteiger partial charge in [-0.3, -0.25) is 0 Å². The quantitative estimate of drug-likeness (QED) is 0.871. The van der Waals surface area contributed by atoms with Crippen molar-refractivity contribution in [1.82, 2.24) is 14.9 Å². The molecule has 2 rings (SSSR count). The molecule has 0 bridgehead atoms. The molecule has 0 amide bonds. The molecule has 1 aromatic rings. The van der Waals surface area contributed by atoms with Crippen LogP contribution in [0.5, 0.6) is 0 Å². The van der Waals surface area contributed by atoms with Crippen LogP contribution >= 0.6 is 15.9 Å². The second-order valence-corrected chi connectivity index (χ2v) is 5.57. The van der Waals surface area contributed by atoms with Crippen LogP contribution in [-0.2, 0) is 0 Å². The Labute approximate surface area is 117 Å². The van der Waals surface area contributed by atoms with Gasteiger partial charge in [-0.15, -0.1) is 0 Å². The van der Waals surface area contributed by atoms with Gasteiger partial charge in [0.1, 0.15) is 5.82 Å². The Morgan fingerprint density at radius 1 is 1.50 bits per heavy atom. The highest BCUT2D eigenvalue weighted by atomic mass is 79.9. The molecule has 100 valence electrons. The summed E-state index contributed by atoms with van der Waals surface area (Å²) in [5.74, 6) is 2.25. The van der Waals surface area contributed by atoms with E-state index in [4.69, 9.17) is 0 Å². The normalized spacial score (nSPS) is 20.1. The number of likely N-dealkylation sites (tertiary alicyclic amines) is 1. The number of aromatic nitrogens is 2. The van der Waals surface area contributed by atoms with Crippen LogP contribution in [0, 0.1) is 5.92 Å². The number of anilines is 2. The topological polar surface area (TPSA) is 53.1 Å². The van der Waals surface area contributed by atoms with Crippen molar-refractivity contribution >= 4 is 27.7 Å². The van der Waals surface area contributed by atoms with Gasteiger partial charge in [-0.25, -0.2) is 4.98 Å². The van der Waals surface area contributed by atoms with Gasteiger partial charge in [-0.05, 0) is 48.8 Å². The number of hydrogen-bond donors (Lipinski definition) is 2. The Morgan fingerprint density at radius 2 is 2.33 bits per heavy atom. The van der Waals surface area contributed by atoms with E-state index in [1.165, 1.54) is 13.0 Å². The average Bonchev–Trinajstić information content (AvgIpc) is 2.76. The van der Waals surface area contributed by atoms with Crippen LogP contribution < -0.4 is 10.6 Å². The van der Waals surface area contributed by atoms with Crippen LogP contribution in [-0.4, -0.2) is 48.1 Å². The first-order chi connectivity index (χ1) is 8.69. The van der Waals surface area contributed by atoms with Crippen molar-refractivity contribution in [3.63, 3.8) is 0 Å². The Bertz CT molecular complexity index is 398. The first-order valence-electron chi connectivity index (χ1n) is 6.38. The minimum Gasteiger partial charge on any atom is -0.369 e. The number of hydrogen-bond acceptors (Lipinski definition) is 5. The molecule has 0 radical (unpaired) electrons. The molecule has 1 saturated heterocycles. The number of nitrogens with zero attached hydrogens (tertiary/aromatic N) is 3. The van der Waals surface area contributed by atoms with Crippen LogP contribution in [0.1, 0.15) is 13.3 Å². The third-order valence-corrected chi connectivity index (χ3v) is 3.71. The molecular weight excluding hydrogens is 294 g/mol. The molecule has 0 aromatic carbocycles. The number of halogens is 1. The fourth-order valence-electron chi connectivity index (χ4n) is 2.17. The maximum absolute atomic E-state index is 4.45. The van der Waals surface area contributed by atoms with E-state index in [1.54, 1.807) is 6.20 Å². The summed E-state index contributed by atoms with van der Waals surface area (Å²) < 4.78 is 0.913. The first kappa shape index (κ1) is 13.5. The molecule has 2 N–H and O–H groups in total. The van der Waals surface area contributed by atoms with Gasteiger partial charge in [-0.2, -0.15) is 4.98 Å². The second kappa shape index (κ2) is 6.33. The van der Waals surface area contributed by atoms with Crippen molar-refractivity contribution in [3.8, 4) is 0 Å². The molecule has 0 spiro atoms. The maximum Gasteiger partial charge on any atom is 0.224 e. The lowest BCUT2D eigenvalue weighted by Crippen LogP contribution is -2.19. The van der Waals surface area contributed by atoms with Gasteiger partial charge in [0.25, 0.3) is 0 Å². The second-order valence-electron chi connectivity index (χ2n) is 4.72. The molecule has 1 fully saturated rings. The molecule has 1 aromatic heterocycles. The van der Waals surface area contributed by atoms with Crippen molar-refractivity contribution in [2.24, 2.45) is 5.92 Å². The third-order valence-electron chi connectivity index (χ3n) is 3.13. The molecule has 6 heteroatoms. The third kappa shape index (κ3) is 3.55. The lowest BCUT2D eigenvalue weighted by Gasteiger charge is -2.13. The van der Waals surface area contributed by atoms with E-state index in [2.05, 4.69) is 48.5 Å². The summed E-state index contributed by atoms with van der Waals surface area (Å²) in [6.45, 7) is 6.18. The highest BCUT2D eigenvalue weighted by Gasteiger charge is 2.19. The summed E-state index contributed by atoms with van der Waals surface area (Å²) in [5.41, 5.74) is 0. The zero-order valence-corrected chi connectivity index (χ0v) is 12.5. The average molecular weight is 314 g/mol. The highest BCUT2D eigenvalue weighted by molar-refractivity contribution is 9.10. The summed E-state index contributed by atoms with van der Waals surface area (Å²) in [4.78, 5) is 11.0. The lowest BCUT2D eigenvalue weighted by molar-refractivity contribution is 0.399. The predicted octanol–water partition coefficient (Wildman–Crippen LogP) is 2.03. The largest absolute Gasteiger partial charge is 0.369 e. The van der Waals surface area contributed by atoms with Crippen LogP contribution in [0.3, 0.4) is 0 Å². The monoisotopic (exact) mass is 313 g/mol. The standard InChI is InChI=1S/C12H20BrN5/c1-3-14-12-16-7-10(13)11(17-12)15-6-9-4-5-18(2)8-9/h7,9H,3-6,8H2,1-2H3,(H2,14,15,16,17). The van der Waals surface area contributed by atoms with Gasteiger partial charge in [0.15, 0.2) is 0 Å². The van der Waals surface area contributed by atoms with E-state index in [-0.39, 0.29) is 0 Å². The Hall–Kier alpha value is -0.880.